The van der Waals surface area contributed by atoms with Gasteiger partial charge in [0.1, 0.15) is 0 Å². The Morgan fingerprint density at radius 2 is 1.06 bits per heavy atom. The van der Waals surface area contributed by atoms with Crippen LogP contribution in [0.3, 0.4) is 0 Å². The van der Waals surface area contributed by atoms with Crippen molar-refractivity contribution in [3.63, 3.8) is 0 Å². The van der Waals surface area contributed by atoms with Gasteiger partial charge in [-0.05, 0) is 12.1 Å². The summed E-state index contributed by atoms with van der Waals surface area (Å²) in [5.74, 6) is 0. The van der Waals surface area contributed by atoms with Crippen molar-refractivity contribution < 1.29 is 51.0 Å². The van der Waals surface area contributed by atoms with E-state index in [-0.39, 0.29) is 51.0 Å². The van der Waals surface area contributed by atoms with Crippen LogP contribution in [-0.2, 0) is 38.3 Å². The van der Waals surface area contributed by atoms with Gasteiger partial charge in [0.2, 0.25) is 0 Å². The molecular weight excluding hydrogens is 575 g/mol. The van der Waals surface area contributed by atoms with Gasteiger partial charge in [-0.1, -0.05) is 108 Å². The molecule has 177 valence electrons. The smallest absolute Gasteiger partial charge is 1.00 e. The second kappa shape index (κ2) is 15.2. The van der Waals surface area contributed by atoms with Crippen LogP contribution in [0.2, 0.25) is 0 Å². The van der Waals surface area contributed by atoms with E-state index in [1.807, 2.05) is 0 Å². The second-order valence-electron chi connectivity index (χ2n) is 8.44. The molecule has 0 N–H and O–H groups in total. The van der Waals surface area contributed by atoms with E-state index in [0.29, 0.717) is 0 Å². The van der Waals surface area contributed by atoms with Crippen LogP contribution < -0.4 is 24.8 Å². The predicted octanol–water partition coefficient (Wildman–Crippen LogP) is 1.99. The van der Waals surface area contributed by atoms with Crippen LogP contribution in [0.4, 0.5) is 0 Å². The molecule has 0 fully saturated rings. The third kappa shape index (κ3) is 7.70. The fourth-order valence-corrected chi connectivity index (χ4v) is 7.16. The maximum Gasteiger partial charge on any atom is 4.00 e. The van der Waals surface area contributed by atoms with Crippen molar-refractivity contribution >= 4 is 30.3 Å². The quantitative estimate of drug-likeness (QED) is 0.214. The zero-order valence-corrected chi connectivity index (χ0v) is 25.0. The first kappa shape index (κ1) is 30.1. The Balaban J connectivity index is 0.000000250. The second-order valence-corrected chi connectivity index (χ2v) is 10.9. The third-order valence-corrected chi connectivity index (χ3v) is 8.89. The van der Waals surface area contributed by atoms with Crippen molar-refractivity contribution in [2.24, 2.45) is 0 Å². The summed E-state index contributed by atoms with van der Waals surface area (Å²) in [4.78, 5) is 0. The molecule has 0 heterocycles. The summed E-state index contributed by atoms with van der Waals surface area (Å²) in [5.41, 5.74) is 2.90. The summed E-state index contributed by atoms with van der Waals surface area (Å²) >= 11 is 0. The Bertz CT molecular complexity index is 1300. The van der Waals surface area contributed by atoms with Gasteiger partial charge < -0.3 is 24.8 Å². The molecule has 36 heavy (non-hydrogen) atoms. The molecule has 6 rings (SSSR count). The van der Waals surface area contributed by atoms with Crippen molar-refractivity contribution in [1.82, 2.24) is 0 Å². The van der Waals surface area contributed by atoms with Crippen LogP contribution >= 0.6 is 0 Å². The summed E-state index contributed by atoms with van der Waals surface area (Å²) in [6, 6.07) is 43.4. The number of rotatable bonds is 5. The summed E-state index contributed by atoms with van der Waals surface area (Å²) in [6.07, 6.45) is 9.07. The van der Waals surface area contributed by atoms with Crippen LogP contribution in [-0.4, -0.2) is 8.80 Å². The zero-order valence-electron chi connectivity index (χ0n) is 20.0. The van der Waals surface area contributed by atoms with Gasteiger partial charge in [-0.3, -0.25) is 6.08 Å². The van der Waals surface area contributed by atoms with E-state index in [4.69, 9.17) is 0 Å². The molecule has 0 amide bonds. The minimum absolute atomic E-state index is 0. The van der Waals surface area contributed by atoms with Crippen LogP contribution in [0.5, 0.6) is 0 Å². The van der Waals surface area contributed by atoms with E-state index in [1.54, 1.807) is 0 Å². The molecule has 0 aliphatic heterocycles. The van der Waals surface area contributed by atoms with Gasteiger partial charge in [-0.25, -0.2) is 11.3 Å². The largest absolute Gasteiger partial charge is 4.00 e. The molecular formula is C32H27Cl2SiZr. The summed E-state index contributed by atoms with van der Waals surface area (Å²) < 4.78 is 0. The van der Waals surface area contributed by atoms with Crippen molar-refractivity contribution in [3.8, 4) is 0 Å². The molecule has 0 atom stereocenters. The zero-order chi connectivity index (χ0) is 22.3. The maximum atomic E-state index is 3.55. The Labute approximate surface area is 248 Å². The average Bonchev–Trinajstić information content (AvgIpc) is 3.54. The molecule has 0 nitrogen and oxygen atoms in total. The molecule has 1 aliphatic rings. The Morgan fingerprint density at radius 3 is 1.50 bits per heavy atom. The van der Waals surface area contributed by atoms with Crippen molar-refractivity contribution in [1.29, 1.82) is 0 Å². The SMILES string of the molecule is [C-]1=C([Si](Cc2ccccc2)Cc2ccccc2)C=CC1.[Cl-].[Cl-].[Zr+4].c1ccc2c(c1)[cH-]c1ccccc12. The third-order valence-electron chi connectivity index (χ3n) is 6.12. The Hall–Kier alpha value is -2.09. The van der Waals surface area contributed by atoms with E-state index in [9.17, 15) is 0 Å². The summed E-state index contributed by atoms with van der Waals surface area (Å²) in [7, 11) is -0.608. The van der Waals surface area contributed by atoms with Gasteiger partial charge in [0.25, 0.3) is 0 Å². The van der Waals surface area contributed by atoms with Crippen LogP contribution in [0.25, 0.3) is 21.5 Å². The van der Waals surface area contributed by atoms with Crippen molar-refractivity contribution in [3.05, 3.63) is 150 Å². The van der Waals surface area contributed by atoms with E-state index < -0.39 is 8.80 Å². The molecule has 4 heteroatoms. The molecule has 1 aliphatic carbocycles. The van der Waals surface area contributed by atoms with Gasteiger partial charge in [0.05, 0.1) is 8.80 Å². The maximum absolute atomic E-state index is 3.55. The van der Waals surface area contributed by atoms with E-state index in [2.05, 4.69) is 133 Å². The number of benzene rings is 4. The number of hydrogen-bond donors (Lipinski definition) is 0. The van der Waals surface area contributed by atoms with Gasteiger partial charge in [-0.2, -0.15) is 6.08 Å². The fraction of sp³-hybridized carbons (Fsp3) is 0.0938. The first-order valence-corrected chi connectivity index (χ1v) is 13.5. The fourth-order valence-electron chi connectivity index (χ4n) is 4.49. The molecule has 0 saturated carbocycles. The van der Waals surface area contributed by atoms with Gasteiger partial charge in [0, 0.05) is 0 Å². The van der Waals surface area contributed by atoms with E-state index in [0.717, 1.165) is 6.42 Å². The number of halogens is 2. The first-order chi connectivity index (χ1) is 16.4. The summed E-state index contributed by atoms with van der Waals surface area (Å²) in [5, 5.41) is 6.87. The minimum Gasteiger partial charge on any atom is -1.00 e. The number of allylic oxidation sites excluding steroid dienone is 4. The van der Waals surface area contributed by atoms with Gasteiger partial charge in [-0.15, -0.1) is 46.2 Å². The predicted molar refractivity (Wildman–Crippen MR) is 144 cm³/mol. The number of fused-ring (bicyclic) bond motifs is 3. The molecule has 5 aromatic rings. The first-order valence-electron chi connectivity index (χ1n) is 11.6. The normalized spacial score (nSPS) is 11.6. The Kier molecular flexibility index (Phi) is 12.7. The molecule has 0 saturated heterocycles. The van der Waals surface area contributed by atoms with Crippen LogP contribution in [0.1, 0.15) is 17.5 Å². The standard InChI is InChI=1S/C19H18Si.C13H9.2ClH.Zr/c1-3-9-17(10-4-1)15-20(19-13-7-8-14-19)16-18-11-5-2-6-12-18;1-3-7-12-10(5-1)9-11-6-2-4-8-13(11)12;;;/h1-7,9-13H,8,15-16H2;1-9H;2*1H;/q2*-1;;;+4/p-2. The molecule has 1 radical (unpaired) electrons. The van der Waals surface area contributed by atoms with Gasteiger partial charge >= 0.3 is 26.2 Å². The molecule has 0 aromatic heterocycles. The average molecular weight is 602 g/mol. The molecule has 5 aromatic carbocycles. The van der Waals surface area contributed by atoms with E-state index >= 15 is 0 Å². The monoisotopic (exact) mass is 599 g/mol. The molecule has 0 bridgehead atoms. The molecule has 0 unspecified atom stereocenters. The molecule has 0 spiro atoms. The topological polar surface area (TPSA) is 0 Å². The summed E-state index contributed by atoms with van der Waals surface area (Å²) in [6.45, 7) is 0. The van der Waals surface area contributed by atoms with E-state index in [1.165, 1.54) is 50.0 Å². The van der Waals surface area contributed by atoms with Crippen LogP contribution in [0, 0.1) is 6.08 Å². The van der Waals surface area contributed by atoms with Crippen molar-refractivity contribution in [2.45, 2.75) is 18.5 Å². The van der Waals surface area contributed by atoms with Gasteiger partial charge in [0.15, 0.2) is 0 Å². The van der Waals surface area contributed by atoms with Crippen LogP contribution in [0.15, 0.2) is 133 Å². The number of hydrogen-bond acceptors (Lipinski definition) is 0. The van der Waals surface area contributed by atoms with Crippen molar-refractivity contribution in [2.75, 3.05) is 0 Å². The minimum atomic E-state index is -0.608. The Morgan fingerprint density at radius 1 is 0.611 bits per heavy atom.